The molecule has 0 saturated heterocycles. The van der Waals surface area contributed by atoms with E-state index < -0.39 is 10.1 Å². The minimum Gasteiger partial charge on any atom is -0.507 e. The van der Waals surface area contributed by atoms with E-state index >= 15 is 0 Å². The number of benzene rings is 12. The number of ether oxygens (including phenoxy) is 1. The molecule has 0 aliphatic heterocycles. The number of fused-ring (bicyclic) bond motifs is 6. The van der Waals surface area contributed by atoms with Gasteiger partial charge in [-0.1, -0.05) is 103 Å². The normalized spacial score (nSPS) is 11.6. The van der Waals surface area contributed by atoms with E-state index in [-0.39, 0.29) is 44.8 Å². The van der Waals surface area contributed by atoms with E-state index in [0.29, 0.717) is 16.8 Å². The Hall–Kier alpha value is -11.5. The fourth-order valence-electron chi connectivity index (χ4n) is 12.0. The van der Waals surface area contributed by atoms with E-state index in [1.165, 1.54) is 25.3 Å². The Morgan fingerprint density at radius 3 is 1.18 bits per heavy atom. The number of nitrogens with zero attached hydrogens (tertiary/aromatic N) is 4. The number of anilines is 6. The van der Waals surface area contributed by atoms with Crippen LogP contribution in [0.3, 0.4) is 0 Å². The van der Waals surface area contributed by atoms with Gasteiger partial charge in [-0.3, -0.25) is 14.1 Å². The Balaban J connectivity index is 0.846. The van der Waals surface area contributed by atoms with Gasteiger partial charge in [0, 0.05) is 84.2 Å². The maximum atomic E-state index is 13.7. The fraction of sp³-hybridized carbons (Fsp3) is 0.0133. The van der Waals surface area contributed by atoms with Gasteiger partial charge in [0.1, 0.15) is 22.1 Å². The van der Waals surface area contributed by atoms with Gasteiger partial charge in [-0.05, 0) is 181 Å². The standard InChI is InChI=1S/C75H52N4O8S/c1-87-72-47-59(41-44-73(72)88(84,85)86)79-67-20-10-6-16-61(67)65-46-58(40-43-69(65)79)77(56-37-29-51(30-38-56)75(83)63-18-8-12-22-71(63)81)54-33-25-49(26-34-54)48-23-31-53(32-24-48)76(55-35-27-50(28-36-55)74(82)62-17-7-11-21-70(62)80)57-39-42-68-64(45-57)60-15-5-9-19-66(60)78(68)52-13-3-2-4-14-52/h2-47,80-81H,1H3,(H,84,85,86). The molecule has 0 aliphatic rings. The lowest BCUT2D eigenvalue weighted by Crippen LogP contribution is -2.11. The Kier molecular flexibility index (Phi) is 13.7. The van der Waals surface area contributed by atoms with Gasteiger partial charge in [-0.15, -0.1) is 0 Å². The predicted octanol–water partition coefficient (Wildman–Crippen LogP) is 17.6. The number of para-hydroxylation sites is 5. The first-order valence-corrected chi connectivity index (χ1v) is 29.8. The summed E-state index contributed by atoms with van der Waals surface area (Å²) in [4.78, 5) is 31.4. The molecular weight excluding hydrogens is 1120 g/mol. The highest BCUT2D eigenvalue weighted by Crippen LogP contribution is 2.44. The van der Waals surface area contributed by atoms with Crippen molar-refractivity contribution in [2.24, 2.45) is 0 Å². The number of methoxy groups -OCH3 is 1. The molecule has 0 bridgehead atoms. The monoisotopic (exact) mass is 1170 g/mol. The molecule has 2 aromatic heterocycles. The number of rotatable bonds is 15. The first-order valence-electron chi connectivity index (χ1n) is 28.3. The number of phenolic OH excluding ortho intramolecular Hbond substituents is 2. The van der Waals surface area contributed by atoms with Gasteiger partial charge in [-0.25, -0.2) is 0 Å². The van der Waals surface area contributed by atoms with Crippen LogP contribution in [-0.2, 0) is 10.1 Å². The summed E-state index contributed by atoms with van der Waals surface area (Å²) in [5.74, 6) is -0.764. The zero-order chi connectivity index (χ0) is 60.2. The van der Waals surface area contributed by atoms with Gasteiger partial charge in [0.15, 0.2) is 11.6 Å². The third-order valence-electron chi connectivity index (χ3n) is 16.2. The van der Waals surface area contributed by atoms with E-state index in [0.717, 1.165) is 94.6 Å². The van der Waals surface area contributed by atoms with Crippen LogP contribution in [0.15, 0.2) is 284 Å². The topological polar surface area (TPSA) is 155 Å². The molecule has 14 rings (SSSR count). The second kappa shape index (κ2) is 22.2. The van der Waals surface area contributed by atoms with E-state index in [1.807, 2.05) is 83.4 Å². The highest BCUT2D eigenvalue weighted by Gasteiger charge is 2.24. The van der Waals surface area contributed by atoms with Crippen LogP contribution in [0.4, 0.5) is 34.1 Å². The summed E-state index contributed by atoms with van der Waals surface area (Å²) in [6.07, 6.45) is 0. The highest BCUT2D eigenvalue weighted by atomic mass is 32.2. The molecule has 0 fully saturated rings. The van der Waals surface area contributed by atoms with Crippen molar-refractivity contribution in [3.63, 3.8) is 0 Å². The van der Waals surface area contributed by atoms with Crippen molar-refractivity contribution in [2.45, 2.75) is 4.90 Å². The molecule has 13 heteroatoms. The molecule has 3 N–H and O–H groups in total. The van der Waals surface area contributed by atoms with Gasteiger partial charge in [0.25, 0.3) is 10.1 Å². The summed E-state index contributed by atoms with van der Waals surface area (Å²) in [7, 11) is -3.21. The molecule has 12 aromatic carbocycles. The molecule has 12 nitrogen and oxygen atoms in total. The summed E-state index contributed by atoms with van der Waals surface area (Å²) in [5.41, 5.74) is 13.8. The van der Waals surface area contributed by atoms with Crippen LogP contribution >= 0.6 is 0 Å². The molecule has 0 radical (unpaired) electrons. The minimum atomic E-state index is -4.56. The number of aromatic hydroxyl groups is 2. The maximum Gasteiger partial charge on any atom is 0.298 e. The molecule has 0 spiro atoms. The third kappa shape index (κ3) is 9.72. The Morgan fingerprint density at radius 1 is 0.375 bits per heavy atom. The summed E-state index contributed by atoms with van der Waals surface area (Å²) in [5, 5.41) is 25.2. The average molecular weight is 1170 g/mol. The van der Waals surface area contributed by atoms with E-state index in [4.69, 9.17) is 4.74 Å². The summed E-state index contributed by atoms with van der Waals surface area (Å²) in [6.45, 7) is 0. The van der Waals surface area contributed by atoms with E-state index in [1.54, 1.807) is 72.8 Å². The first-order chi connectivity index (χ1) is 42.9. The lowest BCUT2D eigenvalue weighted by atomic mass is 10.0. The second-order valence-electron chi connectivity index (χ2n) is 21.3. The van der Waals surface area contributed by atoms with Crippen LogP contribution in [0.5, 0.6) is 17.2 Å². The predicted molar refractivity (Wildman–Crippen MR) is 349 cm³/mol. The largest absolute Gasteiger partial charge is 0.507 e. The minimum absolute atomic E-state index is 0.00112. The van der Waals surface area contributed by atoms with Crippen molar-refractivity contribution in [2.75, 3.05) is 16.9 Å². The zero-order valence-electron chi connectivity index (χ0n) is 47.1. The summed E-state index contributed by atoms with van der Waals surface area (Å²) < 4.78 is 44.3. The summed E-state index contributed by atoms with van der Waals surface area (Å²) >= 11 is 0. The third-order valence-corrected chi connectivity index (χ3v) is 17.1. The van der Waals surface area contributed by atoms with Crippen molar-refractivity contribution >= 4 is 99.4 Å². The lowest BCUT2D eigenvalue weighted by molar-refractivity contribution is 0.102. The molecule has 0 unspecified atom stereocenters. The van der Waals surface area contributed by atoms with Gasteiger partial charge < -0.3 is 33.9 Å². The molecule has 88 heavy (non-hydrogen) atoms. The lowest BCUT2D eigenvalue weighted by Gasteiger charge is -2.27. The summed E-state index contributed by atoms with van der Waals surface area (Å²) in [6, 6.07) is 88.4. The maximum absolute atomic E-state index is 13.7. The van der Waals surface area contributed by atoms with Crippen LogP contribution in [0.1, 0.15) is 31.8 Å². The number of ketones is 2. The van der Waals surface area contributed by atoms with Crippen LogP contribution < -0.4 is 14.5 Å². The van der Waals surface area contributed by atoms with Gasteiger partial charge in [0.2, 0.25) is 0 Å². The quantitative estimate of drug-likeness (QED) is 0.0667. The van der Waals surface area contributed by atoms with Crippen molar-refractivity contribution in [3.05, 3.63) is 301 Å². The number of aromatic nitrogens is 2. The van der Waals surface area contributed by atoms with Crippen LogP contribution in [0.25, 0.3) is 66.1 Å². The average Bonchev–Trinajstić information content (AvgIpc) is 1.70. The number of phenols is 2. The van der Waals surface area contributed by atoms with Crippen LogP contribution in [-0.4, -0.2) is 51.0 Å². The molecule has 0 amide bonds. The van der Waals surface area contributed by atoms with Crippen LogP contribution in [0.2, 0.25) is 0 Å². The Bertz CT molecular complexity index is 5160. The molecule has 0 saturated carbocycles. The van der Waals surface area contributed by atoms with Gasteiger partial charge in [-0.2, -0.15) is 8.42 Å². The van der Waals surface area contributed by atoms with Gasteiger partial charge >= 0.3 is 0 Å². The molecule has 14 aromatic rings. The fourth-order valence-corrected chi connectivity index (χ4v) is 12.6. The first kappa shape index (κ1) is 54.4. The van der Waals surface area contributed by atoms with E-state index in [2.05, 4.69) is 124 Å². The molecule has 0 aliphatic carbocycles. The molecular formula is C75H52N4O8S. The van der Waals surface area contributed by atoms with Crippen molar-refractivity contribution < 1.29 is 37.5 Å². The Labute approximate surface area is 506 Å². The number of carbonyl (C=O) groups excluding carboxylic acids is 2. The van der Waals surface area contributed by atoms with Crippen molar-refractivity contribution in [3.8, 4) is 39.8 Å². The number of carbonyl (C=O) groups is 2. The highest BCUT2D eigenvalue weighted by molar-refractivity contribution is 7.86. The Morgan fingerprint density at radius 2 is 0.750 bits per heavy atom. The molecule has 2 heterocycles. The number of hydrogen-bond donors (Lipinski definition) is 3. The molecule has 426 valence electrons. The SMILES string of the molecule is COc1cc(-n2c3ccccc3c3cc(N(c4ccc(C(=O)c5ccccc5O)cc4)c4ccc(-c5ccc(N(c6ccc(C(=O)c7ccccc7O)cc6)c6ccc7c(c6)c6ccccc6n7-c6ccccc6)cc5)cc4)ccc32)ccc1S(=O)(=O)O. The van der Waals surface area contributed by atoms with E-state index in [9.17, 15) is 32.8 Å². The molecule has 0 atom stereocenters. The van der Waals surface area contributed by atoms with Crippen LogP contribution in [0, 0.1) is 0 Å². The van der Waals surface area contributed by atoms with Crippen molar-refractivity contribution in [1.82, 2.24) is 9.13 Å². The second-order valence-corrected chi connectivity index (χ2v) is 22.7. The number of hydrogen-bond acceptors (Lipinski definition) is 9. The smallest absolute Gasteiger partial charge is 0.298 e. The zero-order valence-corrected chi connectivity index (χ0v) is 48.0. The van der Waals surface area contributed by atoms with Crippen molar-refractivity contribution in [1.29, 1.82) is 0 Å². The van der Waals surface area contributed by atoms with Gasteiger partial charge in [0.05, 0.1) is 40.3 Å².